The van der Waals surface area contributed by atoms with E-state index < -0.39 is 51.2 Å². The highest BCUT2D eigenvalue weighted by Gasteiger charge is 2.19. The summed E-state index contributed by atoms with van der Waals surface area (Å²) in [6.45, 7) is 0. The monoisotopic (exact) mass is 428 g/mol. The second-order valence-corrected chi connectivity index (χ2v) is 7.90. The predicted molar refractivity (Wildman–Crippen MR) is 91.0 cm³/mol. The van der Waals surface area contributed by atoms with Crippen LogP contribution in [-0.4, -0.2) is 35.8 Å². The summed E-state index contributed by atoms with van der Waals surface area (Å²) in [5.74, 6) is 0. The van der Waals surface area contributed by atoms with Gasteiger partial charge in [-0.2, -0.15) is 0 Å². The number of nitrogens with zero attached hydrogens (tertiary/aromatic N) is 2. The first kappa shape index (κ1) is 21.1. The molecule has 0 aliphatic rings. The van der Waals surface area contributed by atoms with Crippen molar-refractivity contribution >= 4 is 43.8 Å². The highest BCUT2D eigenvalue weighted by molar-refractivity contribution is 7.86. The molecule has 0 aliphatic heterocycles. The molecule has 0 radical (unpaired) electrons. The molecule has 28 heavy (non-hydrogen) atoms. The maximum atomic E-state index is 11.3. The van der Waals surface area contributed by atoms with Crippen LogP contribution in [0.25, 0.3) is 12.2 Å². The Morgan fingerprint density at radius 2 is 1.36 bits per heavy atom. The fourth-order valence-electron chi connectivity index (χ4n) is 2.16. The van der Waals surface area contributed by atoms with Crippen LogP contribution in [0, 0.1) is 20.2 Å². The van der Waals surface area contributed by atoms with Gasteiger partial charge in [-0.05, 0) is 29.3 Å². The number of rotatable bonds is 6. The number of hydrogen-bond donors (Lipinski definition) is 0. The standard InChI is InChI=1S/C14H10N2O10S2/c17-15(18)11-5-4-10(13(8-11)27(21,22)23)3-1-9-2-6-12(16(19)20)14(7-9)28(24,25)26/h1-8H,(H,21,22,23)(H,24,25,26)/p-2/b3-1+. The van der Waals surface area contributed by atoms with E-state index in [0.717, 1.165) is 36.4 Å². The van der Waals surface area contributed by atoms with Crippen molar-refractivity contribution in [3.05, 3.63) is 67.8 Å². The van der Waals surface area contributed by atoms with Crippen molar-refractivity contribution in [2.24, 2.45) is 0 Å². The van der Waals surface area contributed by atoms with Gasteiger partial charge >= 0.3 is 0 Å². The fraction of sp³-hybridized carbons (Fsp3) is 0. The topological polar surface area (TPSA) is 201 Å². The molecule has 0 fully saturated rings. The van der Waals surface area contributed by atoms with Gasteiger partial charge in [0.1, 0.15) is 25.1 Å². The van der Waals surface area contributed by atoms with E-state index in [1.165, 1.54) is 0 Å². The Balaban J connectivity index is 2.58. The summed E-state index contributed by atoms with van der Waals surface area (Å²) in [4.78, 5) is 17.6. The molecule has 2 aromatic rings. The normalized spacial score (nSPS) is 12.2. The second-order valence-electron chi connectivity index (χ2n) is 5.21. The van der Waals surface area contributed by atoms with Crippen LogP contribution in [0.2, 0.25) is 0 Å². The molecule has 14 heteroatoms. The highest BCUT2D eigenvalue weighted by atomic mass is 32.2. The SMILES string of the molecule is O=[N+]([O-])c1ccc(/C=C/c2ccc([N+](=O)[O-])c(S(=O)(=O)[O-])c2)c(S(=O)(=O)[O-])c1. The average Bonchev–Trinajstić information content (AvgIpc) is 2.57. The Morgan fingerprint density at radius 3 is 1.86 bits per heavy atom. The van der Waals surface area contributed by atoms with Gasteiger partial charge in [0.2, 0.25) is 0 Å². The smallest absolute Gasteiger partial charge is 0.286 e. The molecule has 148 valence electrons. The molecule has 0 atom stereocenters. The molecule has 0 unspecified atom stereocenters. The summed E-state index contributed by atoms with van der Waals surface area (Å²) in [6.07, 6.45) is 2.10. The highest BCUT2D eigenvalue weighted by Crippen LogP contribution is 2.27. The van der Waals surface area contributed by atoms with Crippen molar-refractivity contribution in [1.29, 1.82) is 0 Å². The third-order valence-electron chi connectivity index (χ3n) is 3.38. The molecular weight excluding hydrogens is 420 g/mol. The molecule has 0 spiro atoms. The summed E-state index contributed by atoms with van der Waals surface area (Å²) in [5, 5.41) is 21.6. The molecule has 0 aromatic heterocycles. The number of nitro benzene ring substituents is 2. The van der Waals surface area contributed by atoms with Gasteiger partial charge < -0.3 is 9.11 Å². The van der Waals surface area contributed by atoms with E-state index in [9.17, 15) is 46.2 Å². The van der Waals surface area contributed by atoms with E-state index in [4.69, 9.17) is 0 Å². The van der Waals surface area contributed by atoms with Crippen molar-refractivity contribution in [3.8, 4) is 0 Å². The average molecular weight is 428 g/mol. The number of non-ortho nitro benzene ring substituents is 1. The lowest BCUT2D eigenvalue weighted by atomic mass is 10.1. The van der Waals surface area contributed by atoms with Crippen LogP contribution in [0.3, 0.4) is 0 Å². The lowest BCUT2D eigenvalue weighted by molar-refractivity contribution is -0.387. The predicted octanol–water partition coefficient (Wildman–Crippen LogP) is 1.48. The fourth-order valence-corrected chi connectivity index (χ4v) is 3.53. The molecule has 0 heterocycles. The Hall–Kier alpha value is -3.20. The van der Waals surface area contributed by atoms with E-state index in [0.29, 0.717) is 12.1 Å². The van der Waals surface area contributed by atoms with Gasteiger partial charge in [0.25, 0.3) is 11.4 Å². The van der Waals surface area contributed by atoms with Crippen LogP contribution < -0.4 is 0 Å². The van der Waals surface area contributed by atoms with Gasteiger partial charge in [0, 0.05) is 18.2 Å². The third-order valence-corrected chi connectivity index (χ3v) is 5.14. The van der Waals surface area contributed by atoms with E-state index in [1.54, 1.807) is 0 Å². The summed E-state index contributed by atoms with van der Waals surface area (Å²) in [5.41, 5.74) is -1.86. The Morgan fingerprint density at radius 1 is 0.750 bits per heavy atom. The lowest BCUT2D eigenvalue weighted by Gasteiger charge is -2.10. The van der Waals surface area contributed by atoms with Crippen LogP contribution in [0.1, 0.15) is 11.1 Å². The van der Waals surface area contributed by atoms with E-state index in [1.807, 2.05) is 0 Å². The molecule has 0 saturated heterocycles. The lowest BCUT2D eigenvalue weighted by Crippen LogP contribution is -2.04. The quantitative estimate of drug-likeness (QED) is 0.281. The maximum absolute atomic E-state index is 11.3. The largest absolute Gasteiger partial charge is 0.744 e. The Labute approximate surface area is 157 Å². The van der Waals surface area contributed by atoms with E-state index in [2.05, 4.69) is 0 Å². The minimum Gasteiger partial charge on any atom is -0.744 e. The van der Waals surface area contributed by atoms with Crippen molar-refractivity contribution in [3.63, 3.8) is 0 Å². The Kier molecular flexibility index (Phi) is 5.60. The molecule has 2 aromatic carbocycles. The number of benzene rings is 2. The van der Waals surface area contributed by atoms with Crippen molar-refractivity contribution in [2.45, 2.75) is 9.79 Å². The first-order valence-electron chi connectivity index (χ1n) is 6.97. The molecular formula is C14H8N2O10S2-2. The van der Waals surface area contributed by atoms with Crippen molar-refractivity contribution in [2.75, 3.05) is 0 Å². The minimum atomic E-state index is -5.18. The molecule has 0 amide bonds. The van der Waals surface area contributed by atoms with E-state index in [-0.39, 0.29) is 11.1 Å². The first-order valence-corrected chi connectivity index (χ1v) is 9.79. The maximum Gasteiger partial charge on any atom is 0.286 e. The van der Waals surface area contributed by atoms with Gasteiger partial charge in [-0.15, -0.1) is 0 Å². The molecule has 0 saturated carbocycles. The van der Waals surface area contributed by atoms with Crippen LogP contribution in [0.5, 0.6) is 0 Å². The molecule has 0 bridgehead atoms. The van der Waals surface area contributed by atoms with Gasteiger partial charge in [0.15, 0.2) is 0 Å². The summed E-state index contributed by atoms with van der Waals surface area (Å²) < 4.78 is 67.6. The summed E-state index contributed by atoms with van der Waals surface area (Å²) in [7, 11) is -10.3. The number of nitro groups is 2. The van der Waals surface area contributed by atoms with Crippen LogP contribution in [-0.2, 0) is 20.2 Å². The van der Waals surface area contributed by atoms with Gasteiger partial charge in [-0.1, -0.05) is 12.2 Å². The van der Waals surface area contributed by atoms with Crippen LogP contribution in [0.15, 0.2) is 46.2 Å². The molecule has 12 nitrogen and oxygen atoms in total. The van der Waals surface area contributed by atoms with Crippen molar-refractivity contribution in [1.82, 2.24) is 0 Å². The van der Waals surface area contributed by atoms with Crippen LogP contribution >= 0.6 is 0 Å². The van der Waals surface area contributed by atoms with Crippen molar-refractivity contribution < 1.29 is 35.8 Å². The molecule has 2 rings (SSSR count). The van der Waals surface area contributed by atoms with Gasteiger partial charge in [-0.3, -0.25) is 20.2 Å². The third kappa shape index (κ3) is 4.74. The number of hydrogen-bond acceptors (Lipinski definition) is 10. The zero-order chi connectivity index (χ0) is 21.3. The molecule has 0 N–H and O–H groups in total. The van der Waals surface area contributed by atoms with Crippen LogP contribution in [0.4, 0.5) is 11.4 Å². The minimum absolute atomic E-state index is 0.0346. The first-order chi connectivity index (χ1) is 12.8. The molecule has 0 aliphatic carbocycles. The second kappa shape index (κ2) is 7.43. The van der Waals surface area contributed by atoms with Gasteiger partial charge in [0.05, 0.1) is 14.7 Å². The zero-order valence-corrected chi connectivity index (χ0v) is 15.0. The zero-order valence-electron chi connectivity index (χ0n) is 13.4. The summed E-state index contributed by atoms with van der Waals surface area (Å²) >= 11 is 0. The Bertz CT molecular complexity index is 1220. The van der Waals surface area contributed by atoms with Gasteiger partial charge in [-0.25, -0.2) is 16.8 Å². The van der Waals surface area contributed by atoms with E-state index >= 15 is 0 Å². The summed E-state index contributed by atoms with van der Waals surface area (Å²) in [6, 6.07) is 5.04.